The lowest BCUT2D eigenvalue weighted by atomic mass is 9.75. The highest BCUT2D eigenvalue weighted by Crippen LogP contribution is 2.42. The molecular formula is C26H38NO4+. The highest BCUT2D eigenvalue weighted by molar-refractivity contribution is 5.42. The van der Waals surface area contributed by atoms with Crippen molar-refractivity contribution >= 4 is 0 Å². The van der Waals surface area contributed by atoms with Gasteiger partial charge in [-0.1, -0.05) is 18.2 Å². The van der Waals surface area contributed by atoms with Gasteiger partial charge in [-0.3, -0.25) is 0 Å². The highest BCUT2D eigenvalue weighted by atomic mass is 16.5. The molecule has 1 aliphatic heterocycles. The maximum Gasteiger partial charge on any atom is 0.161 e. The normalized spacial score (nSPS) is 18.9. The molecule has 0 saturated carbocycles. The van der Waals surface area contributed by atoms with E-state index in [9.17, 15) is 0 Å². The van der Waals surface area contributed by atoms with Crippen molar-refractivity contribution in [3.05, 3.63) is 53.6 Å². The number of nitrogens with two attached hydrogens (primary N) is 1. The molecule has 1 saturated heterocycles. The van der Waals surface area contributed by atoms with E-state index < -0.39 is 0 Å². The number of hydrogen-bond acceptors (Lipinski definition) is 4. The molecule has 170 valence electrons. The van der Waals surface area contributed by atoms with Crippen LogP contribution >= 0.6 is 0 Å². The number of rotatable bonds is 10. The molecule has 2 aromatic carbocycles. The van der Waals surface area contributed by atoms with E-state index in [2.05, 4.69) is 55.6 Å². The lowest BCUT2D eigenvalue weighted by Crippen LogP contribution is -2.82. The molecule has 0 aliphatic carbocycles. The van der Waals surface area contributed by atoms with Crippen LogP contribution in [-0.4, -0.2) is 40.1 Å². The van der Waals surface area contributed by atoms with E-state index in [1.165, 1.54) is 11.1 Å². The Hall–Kier alpha value is -2.24. The molecule has 31 heavy (non-hydrogen) atoms. The Labute approximate surface area is 187 Å². The second kappa shape index (κ2) is 10.9. The van der Waals surface area contributed by atoms with Gasteiger partial charge >= 0.3 is 0 Å². The third-order valence-electron chi connectivity index (χ3n) is 6.35. The van der Waals surface area contributed by atoms with E-state index in [0.29, 0.717) is 11.8 Å². The summed E-state index contributed by atoms with van der Waals surface area (Å²) in [4.78, 5) is 0. The molecular weight excluding hydrogens is 390 g/mol. The summed E-state index contributed by atoms with van der Waals surface area (Å²) in [5.41, 5.74) is 2.50. The number of benzene rings is 2. The molecule has 5 heteroatoms. The Bertz CT molecular complexity index is 836. The van der Waals surface area contributed by atoms with Gasteiger partial charge in [-0.2, -0.15) is 0 Å². The zero-order chi connectivity index (χ0) is 22.3. The summed E-state index contributed by atoms with van der Waals surface area (Å²) in [6.45, 7) is 7.22. The Morgan fingerprint density at radius 3 is 2.45 bits per heavy atom. The minimum absolute atomic E-state index is 0.0630. The standard InChI is InChI=1S/C26H37NO4/c1-26(2)17-20(13-15-31-26)21(22-8-6-7-9-23(22)28-3)12-14-27-18-19-10-11-24(29-4)25(16-19)30-5/h6-11,16,20-21,27H,12-15,17-18H2,1-5H3/p+1/t20-,21+/m0/s1. The number of quaternary nitrogens is 1. The molecule has 5 nitrogen and oxygen atoms in total. The quantitative estimate of drug-likeness (QED) is 0.578. The number of para-hydroxylation sites is 1. The summed E-state index contributed by atoms with van der Waals surface area (Å²) in [6, 6.07) is 14.6. The van der Waals surface area contributed by atoms with Gasteiger partial charge in [0.25, 0.3) is 0 Å². The van der Waals surface area contributed by atoms with Gasteiger partial charge in [0.15, 0.2) is 11.5 Å². The van der Waals surface area contributed by atoms with Crippen LogP contribution in [0.4, 0.5) is 0 Å². The van der Waals surface area contributed by atoms with Crippen molar-refractivity contribution in [2.75, 3.05) is 34.5 Å². The van der Waals surface area contributed by atoms with Crippen LogP contribution in [0.5, 0.6) is 17.2 Å². The number of methoxy groups -OCH3 is 3. The van der Waals surface area contributed by atoms with E-state index in [1.807, 2.05) is 6.07 Å². The monoisotopic (exact) mass is 428 g/mol. The van der Waals surface area contributed by atoms with E-state index in [4.69, 9.17) is 18.9 Å². The van der Waals surface area contributed by atoms with Crippen LogP contribution in [0.2, 0.25) is 0 Å². The van der Waals surface area contributed by atoms with Gasteiger partial charge in [-0.05, 0) is 68.4 Å². The molecule has 1 fully saturated rings. The van der Waals surface area contributed by atoms with Crippen LogP contribution in [0.15, 0.2) is 42.5 Å². The van der Waals surface area contributed by atoms with Crippen LogP contribution < -0.4 is 19.5 Å². The highest BCUT2D eigenvalue weighted by Gasteiger charge is 2.35. The smallest absolute Gasteiger partial charge is 0.161 e. The minimum atomic E-state index is -0.0630. The van der Waals surface area contributed by atoms with Gasteiger partial charge in [0.2, 0.25) is 0 Å². The first kappa shape index (κ1) is 23.4. The third kappa shape index (κ3) is 6.14. The van der Waals surface area contributed by atoms with Crippen LogP contribution in [-0.2, 0) is 11.3 Å². The van der Waals surface area contributed by atoms with E-state index >= 15 is 0 Å². The van der Waals surface area contributed by atoms with Crippen molar-refractivity contribution < 1.29 is 24.3 Å². The molecule has 0 amide bonds. The topological polar surface area (TPSA) is 53.5 Å². The number of hydrogen-bond donors (Lipinski definition) is 1. The molecule has 2 aromatic rings. The minimum Gasteiger partial charge on any atom is -0.496 e. The van der Waals surface area contributed by atoms with Crippen molar-refractivity contribution in [3.63, 3.8) is 0 Å². The molecule has 0 unspecified atom stereocenters. The Morgan fingerprint density at radius 2 is 1.74 bits per heavy atom. The van der Waals surface area contributed by atoms with Gasteiger partial charge in [0, 0.05) is 18.6 Å². The fraction of sp³-hybridized carbons (Fsp3) is 0.538. The predicted octanol–water partition coefficient (Wildman–Crippen LogP) is 4.15. The van der Waals surface area contributed by atoms with Crippen LogP contribution in [0.25, 0.3) is 0 Å². The fourth-order valence-corrected chi connectivity index (χ4v) is 4.81. The zero-order valence-electron chi connectivity index (χ0n) is 19.6. The van der Waals surface area contributed by atoms with Crippen molar-refractivity contribution in [2.24, 2.45) is 5.92 Å². The molecule has 0 aromatic heterocycles. The summed E-state index contributed by atoms with van der Waals surface area (Å²) >= 11 is 0. The first-order valence-electron chi connectivity index (χ1n) is 11.3. The van der Waals surface area contributed by atoms with Crippen molar-refractivity contribution in [1.29, 1.82) is 0 Å². The van der Waals surface area contributed by atoms with Gasteiger partial charge < -0.3 is 24.3 Å². The average molecular weight is 429 g/mol. The van der Waals surface area contributed by atoms with Crippen molar-refractivity contribution in [3.8, 4) is 17.2 Å². The van der Waals surface area contributed by atoms with Gasteiger partial charge in [0.05, 0.1) is 33.5 Å². The summed E-state index contributed by atoms with van der Waals surface area (Å²) in [6.07, 6.45) is 3.28. The Morgan fingerprint density at radius 1 is 1.00 bits per heavy atom. The summed E-state index contributed by atoms with van der Waals surface area (Å²) in [5, 5.41) is 2.38. The lowest BCUT2D eigenvalue weighted by molar-refractivity contribution is -0.671. The molecule has 1 heterocycles. The summed E-state index contributed by atoms with van der Waals surface area (Å²) in [7, 11) is 5.12. The maximum atomic E-state index is 6.00. The molecule has 2 N–H and O–H groups in total. The van der Waals surface area contributed by atoms with Gasteiger partial charge in [-0.15, -0.1) is 0 Å². The second-order valence-corrected chi connectivity index (χ2v) is 8.97. The molecule has 3 rings (SSSR count). The summed E-state index contributed by atoms with van der Waals surface area (Å²) in [5.74, 6) is 3.60. The van der Waals surface area contributed by atoms with E-state index in [-0.39, 0.29) is 5.60 Å². The van der Waals surface area contributed by atoms with E-state index in [0.717, 1.165) is 56.2 Å². The predicted molar refractivity (Wildman–Crippen MR) is 123 cm³/mol. The van der Waals surface area contributed by atoms with Crippen molar-refractivity contribution in [1.82, 2.24) is 0 Å². The lowest BCUT2D eigenvalue weighted by Gasteiger charge is -2.39. The first-order valence-corrected chi connectivity index (χ1v) is 11.3. The SMILES string of the molecule is COc1ccc(C[NH2+]CC[C@@H](c2ccccc2OC)[C@H]2CCOC(C)(C)C2)cc1OC. The zero-order valence-corrected chi connectivity index (χ0v) is 19.6. The molecule has 0 bridgehead atoms. The third-order valence-corrected chi connectivity index (χ3v) is 6.35. The maximum absolute atomic E-state index is 6.00. The van der Waals surface area contributed by atoms with Crippen LogP contribution in [0.1, 0.15) is 50.2 Å². The van der Waals surface area contributed by atoms with Gasteiger partial charge in [-0.25, -0.2) is 0 Å². The summed E-state index contributed by atoms with van der Waals surface area (Å²) < 4.78 is 22.5. The molecule has 0 radical (unpaired) electrons. The van der Waals surface area contributed by atoms with Gasteiger partial charge in [0.1, 0.15) is 12.3 Å². The second-order valence-electron chi connectivity index (χ2n) is 8.97. The first-order chi connectivity index (χ1) is 15.0. The Balaban J connectivity index is 1.68. The van der Waals surface area contributed by atoms with Crippen molar-refractivity contribution in [2.45, 2.75) is 51.2 Å². The largest absolute Gasteiger partial charge is 0.496 e. The van der Waals surface area contributed by atoms with E-state index in [1.54, 1.807) is 21.3 Å². The Kier molecular flexibility index (Phi) is 8.22. The fourth-order valence-electron chi connectivity index (χ4n) is 4.81. The average Bonchev–Trinajstić information content (AvgIpc) is 2.78. The van der Waals surface area contributed by atoms with Crippen LogP contribution in [0, 0.1) is 5.92 Å². The molecule has 0 spiro atoms. The van der Waals surface area contributed by atoms with Crippen LogP contribution in [0.3, 0.4) is 0 Å². The molecule has 1 aliphatic rings. The number of ether oxygens (including phenoxy) is 4. The molecule has 2 atom stereocenters.